The van der Waals surface area contributed by atoms with Crippen molar-refractivity contribution in [1.29, 1.82) is 0 Å². The quantitative estimate of drug-likeness (QED) is 0.776. The van der Waals surface area contributed by atoms with Gasteiger partial charge in [0, 0.05) is 24.3 Å². The summed E-state index contributed by atoms with van der Waals surface area (Å²) in [5, 5.41) is 2.89. The van der Waals surface area contributed by atoms with E-state index in [9.17, 15) is 14.4 Å². The lowest BCUT2D eigenvalue weighted by molar-refractivity contribution is -0.134. The molecule has 7 heteroatoms. The van der Waals surface area contributed by atoms with E-state index in [1.165, 1.54) is 4.90 Å². The number of nitrogens with zero attached hydrogens (tertiary/aromatic N) is 2. The predicted octanol–water partition coefficient (Wildman–Crippen LogP) is 3.76. The molecular weight excluding hydrogens is 406 g/mol. The molecule has 2 aliphatic rings. The maximum atomic E-state index is 13.1. The molecule has 0 aliphatic carbocycles. The number of carbonyl (C=O) groups is 3. The second-order valence-corrected chi connectivity index (χ2v) is 8.39. The second-order valence-electron chi connectivity index (χ2n) is 8.39. The van der Waals surface area contributed by atoms with E-state index in [1.807, 2.05) is 36.9 Å². The van der Waals surface area contributed by atoms with Crippen molar-refractivity contribution in [1.82, 2.24) is 4.90 Å². The van der Waals surface area contributed by atoms with E-state index < -0.39 is 6.10 Å². The number of hydrogen-bond donors (Lipinski definition) is 1. The summed E-state index contributed by atoms with van der Waals surface area (Å²) >= 11 is 0. The molecule has 0 aromatic heterocycles. The molecule has 7 nitrogen and oxygen atoms in total. The van der Waals surface area contributed by atoms with Gasteiger partial charge in [-0.05, 0) is 62.9 Å². The number of carbonyl (C=O) groups excluding carboxylic acids is 3. The number of rotatable bonds is 5. The van der Waals surface area contributed by atoms with Gasteiger partial charge in [0.2, 0.25) is 5.91 Å². The lowest BCUT2D eigenvalue weighted by Gasteiger charge is -2.36. The van der Waals surface area contributed by atoms with Crippen LogP contribution in [0, 0.1) is 6.92 Å². The van der Waals surface area contributed by atoms with Crippen molar-refractivity contribution in [2.45, 2.75) is 45.6 Å². The third kappa shape index (κ3) is 4.61. The molecule has 4 rings (SSSR count). The average molecular weight is 436 g/mol. The Labute approximate surface area is 188 Å². The molecule has 1 atom stereocenters. The Hall–Kier alpha value is -3.35. The van der Waals surface area contributed by atoms with Crippen LogP contribution in [0.15, 0.2) is 42.5 Å². The van der Waals surface area contributed by atoms with Crippen molar-refractivity contribution >= 4 is 29.1 Å². The van der Waals surface area contributed by atoms with Gasteiger partial charge in [0.1, 0.15) is 12.3 Å². The smallest absolute Gasteiger partial charge is 0.268 e. The van der Waals surface area contributed by atoms with Crippen LogP contribution in [0.25, 0.3) is 0 Å². The van der Waals surface area contributed by atoms with E-state index in [0.717, 1.165) is 37.9 Å². The van der Waals surface area contributed by atoms with Crippen LogP contribution in [0.2, 0.25) is 0 Å². The number of likely N-dealkylation sites (tertiary alicyclic amines) is 1. The van der Waals surface area contributed by atoms with Crippen LogP contribution in [0.5, 0.6) is 5.75 Å². The topological polar surface area (TPSA) is 79.0 Å². The van der Waals surface area contributed by atoms with Gasteiger partial charge in [-0.1, -0.05) is 24.6 Å². The molecule has 2 aliphatic heterocycles. The summed E-state index contributed by atoms with van der Waals surface area (Å²) in [5.41, 5.74) is 2.59. The maximum absolute atomic E-state index is 13.1. The van der Waals surface area contributed by atoms with E-state index in [0.29, 0.717) is 29.1 Å². The molecule has 168 valence electrons. The van der Waals surface area contributed by atoms with E-state index in [4.69, 9.17) is 4.74 Å². The monoisotopic (exact) mass is 435 g/mol. The number of fused-ring (bicyclic) bond motifs is 1. The first kappa shape index (κ1) is 21.9. The number of anilines is 2. The zero-order chi connectivity index (χ0) is 22.7. The van der Waals surface area contributed by atoms with E-state index in [-0.39, 0.29) is 24.3 Å². The van der Waals surface area contributed by atoms with Gasteiger partial charge in [0.15, 0.2) is 6.10 Å². The number of hydrogen-bond acceptors (Lipinski definition) is 4. The van der Waals surface area contributed by atoms with Crippen LogP contribution in [-0.2, 0) is 9.59 Å². The zero-order valence-electron chi connectivity index (χ0n) is 18.6. The number of piperidine rings is 1. The van der Waals surface area contributed by atoms with Crippen molar-refractivity contribution in [2.24, 2.45) is 0 Å². The first-order valence-electron chi connectivity index (χ1n) is 11.2. The minimum Gasteiger partial charge on any atom is -0.478 e. The van der Waals surface area contributed by atoms with Crippen LogP contribution in [0.3, 0.4) is 0 Å². The summed E-state index contributed by atoms with van der Waals surface area (Å²) in [6.07, 6.45) is 3.01. The van der Waals surface area contributed by atoms with Crippen molar-refractivity contribution in [3.05, 3.63) is 53.6 Å². The minimum atomic E-state index is -0.621. The fourth-order valence-corrected chi connectivity index (χ4v) is 4.19. The first-order chi connectivity index (χ1) is 15.5. The van der Waals surface area contributed by atoms with E-state index in [1.54, 1.807) is 24.3 Å². The molecule has 32 heavy (non-hydrogen) atoms. The third-order valence-corrected chi connectivity index (χ3v) is 5.97. The zero-order valence-corrected chi connectivity index (χ0v) is 18.6. The Bertz CT molecular complexity index is 1030. The van der Waals surface area contributed by atoms with Gasteiger partial charge in [-0.25, -0.2) is 0 Å². The highest BCUT2D eigenvalue weighted by Crippen LogP contribution is 2.37. The molecule has 1 fully saturated rings. The van der Waals surface area contributed by atoms with Crippen LogP contribution in [-0.4, -0.2) is 48.4 Å². The van der Waals surface area contributed by atoms with Crippen molar-refractivity contribution in [3.63, 3.8) is 0 Å². The van der Waals surface area contributed by atoms with E-state index in [2.05, 4.69) is 5.32 Å². The molecule has 1 N–H and O–H groups in total. The Balaban J connectivity index is 1.58. The fourth-order valence-electron chi connectivity index (χ4n) is 4.19. The highest BCUT2D eigenvalue weighted by atomic mass is 16.5. The second kappa shape index (κ2) is 9.42. The Morgan fingerprint density at radius 3 is 2.59 bits per heavy atom. The molecular formula is C25H29N3O4. The van der Waals surface area contributed by atoms with Gasteiger partial charge in [-0.3, -0.25) is 19.3 Å². The number of benzene rings is 2. The average Bonchev–Trinajstić information content (AvgIpc) is 2.81. The third-order valence-electron chi connectivity index (χ3n) is 5.97. The number of aryl methyl sites for hydroxylation is 1. The molecule has 1 unspecified atom stereocenters. The largest absolute Gasteiger partial charge is 0.478 e. The van der Waals surface area contributed by atoms with Gasteiger partial charge in [-0.15, -0.1) is 0 Å². The van der Waals surface area contributed by atoms with Crippen LogP contribution >= 0.6 is 0 Å². The number of nitrogens with one attached hydrogen (secondary N) is 1. The van der Waals surface area contributed by atoms with Crippen LogP contribution in [0.1, 0.15) is 48.5 Å². The first-order valence-corrected chi connectivity index (χ1v) is 11.2. The van der Waals surface area contributed by atoms with Gasteiger partial charge < -0.3 is 15.0 Å². The summed E-state index contributed by atoms with van der Waals surface area (Å²) in [6.45, 7) is 5.25. The lowest BCUT2D eigenvalue weighted by Crippen LogP contribution is -2.51. The fraction of sp³-hybridized carbons (Fsp3) is 0.400. The van der Waals surface area contributed by atoms with Crippen molar-refractivity contribution in [3.8, 4) is 5.75 Å². The summed E-state index contributed by atoms with van der Waals surface area (Å²) in [5.74, 6) is 0.0120. The van der Waals surface area contributed by atoms with Gasteiger partial charge in [0.25, 0.3) is 11.8 Å². The molecule has 0 bridgehead atoms. The van der Waals surface area contributed by atoms with Crippen LogP contribution < -0.4 is 15.0 Å². The molecule has 2 heterocycles. The highest BCUT2D eigenvalue weighted by molar-refractivity contribution is 6.07. The Morgan fingerprint density at radius 2 is 1.88 bits per heavy atom. The summed E-state index contributed by atoms with van der Waals surface area (Å²) in [6, 6.07) is 12.5. The lowest BCUT2D eigenvalue weighted by atomic mass is 10.1. The Kier molecular flexibility index (Phi) is 6.44. The SMILES string of the molecule is CCC1Oc2ccc(NC(=O)c3cccc(C)c3)cc2N(CC(=O)N2CCCCC2)C1=O. The van der Waals surface area contributed by atoms with Gasteiger partial charge in [-0.2, -0.15) is 0 Å². The summed E-state index contributed by atoms with van der Waals surface area (Å²) in [7, 11) is 0. The molecule has 1 saturated heterocycles. The summed E-state index contributed by atoms with van der Waals surface area (Å²) < 4.78 is 5.88. The number of amides is 3. The van der Waals surface area contributed by atoms with E-state index >= 15 is 0 Å². The normalized spacial score (nSPS) is 18.1. The predicted molar refractivity (Wildman–Crippen MR) is 123 cm³/mol. The Morgan fingerprint density at radius 1 is 1.09 bits per heavy atom. The number of ether oxygens (including phenoxy) is 1. The van der Waals surface area contributed by atoms with Crippen LogP contribution in [0.4, 0.5) is 11.4 Å². The molecule has 0 spiro atoms. The molecule has 0 saturated carbocycles. The highest BCUT2D eigenvalue weighted by Gasteiger charge is 2.35. The van der Waals surface area contributed by atoms with Crippen molar-refractivity contribution in [2.75, 3.05) is 29.9 Å². The van der Waals surface area contributed by atoms with Crippen molar-refractivity contribution < 1.29 is 19.1 Å². The molecule has 2 aromatic carbocycles. The molecule has 0 radical (unpaired) electrons. The maximum Gasteiger partial charge on any atom is 0.268 e. The summed E-state index contributed by atoms with van der Waals surface area (Å²) in [4.78, 5) is 42.0. The van der Waals surface area contributed by atoms with Gasteiger partial charge in [0.05, 0.1) is 5.69 Å². The molecule has 2 aromatic rings. The minimum absolute atomic E-state index is 0.0268. The standard InChI is InChI=1S/C25H29N3O4/c1-3-21-25(31)28(16-23(29)27-12-5-4-6-13-27)20-15-19(10-11-22(20)32-21)26-24(30)18-9-7-8-17(2)14-18/h7-11,14-15,21H,3-6,12-13,16H2,1-2H3,(H,26,30). The molecule has 3 amide bonds. The van der Waals surface area contributed by atoms with Gasteiger partial charge >= 0.3 is 0 Å².